The predicted octanol–water partition coefficient (Wildman–Crippen LogP) is 5.11. The van der Waals surface area contributed by atoms with Crippen LogP contribution in [0.2, 0.25) is 0 Å². The van der Waals surface area contributed by atoms with E-state index < -0.39 is 12.0 Å². The average Bonchev–Trinajstić information content (AvgIpc) is 2.83. The van der Waals surface area contributed by atoms with Gasteiger partial charge in [0.2, 0.25) is 0 Å². The maximum Gasteiger partial charge on any atom is 0.411 e. The van der Waals surface area contributed by atoms with Crippen LogP contribution in [0.25, 0.3) is 10.8 Å². The number of amides is 2. The van der Waals surface area contributed by atoms with Gasteiger partial charge >= 0.3 is 6.09 Å². The summed E-state index contributed by atoms with van der Waals surface area (Å²) in [6.07, 6.45) is -0.590. The van der Waals surface area contributed by atoms with Crippen LogP contribution in [-0.2, 0) is 11.3 Å². The van der Waals surface area contributed by atoms with E-state index in [2.05, 4.69) is 55.3 Å². The maximum atomic E-state index is 12.1. The van der Waals surface area contributed by atoms with E-state index in [1.807, 2.05) is 12.1 Å². The second kappa shape index (κ2) is 10.7. The molecule has 3 aromatic carbocycles. The van der Waals surface area contributed by atoms with Crippen LogP contribution in [0.15, 0.2) is 60.7 Å². The fourth-order valence-corrected chi connectivity index (χ4v) is 3.72. The van der Waals surface area contributed by atoms with Gasteiger partial charge in [-0.25, -0.2) is 10.3 Å². The molecule has 0 aromatic heterocycles. The molecular weight excluding hydrogens is 406 g/mol. The Kier molecular flexibility index (Phi) is 7.81. The van der Waals surface area contributed by atoms with Crippen molar-refractivity contribution in [2.45, 2.75) is 33.4 Å². The molecule has 3 rings (SSSR count). The van der Waals surface area contributed by atoms with Crippen molar-refractivity contribution in [2.75, 3.05) is 18.4 Å². The number of hydroxylamine groups is 1. The van der Waals surface area contributed by atoms with Gasteiger partial charge in [-0.2, -0.15) is 0 Å². The number of nitrogens with zero attached hydrogens (tertiary/aromatic N) is 1. The number of carbonyl (C=O) groups excluding carboxylic acids is 2. The van der Waals surface area contributed by atoms with E-state index in [0.717, 1.165) is 29.4 Å². The summed E-state index contributed by atoms with van der Waals surface area (Å²) in [5.41, 5.74) is 4.50. The number of hydrogen-bond acceptors (Lipinski definition) is 5. The van der Waals surface area contributed by atoms with Crippen LogP contribution in [0.1, 0.15) is 48.3 Å². The van der Waals surface area contributed by atoms with E-state index in [9.17, 15) is 9.59 Å². The maximum absolute atomic E-state index is 12.1. The van der Waals surface area contributed by atoms with Crippen molar-refractivity contribution in [3.63, 3.8) is 0 Å². The van der Waals surface area contributed by atoms with Crippen molar-refractivity contribution in [1.29, 1.82) is 0 Å². The van der Waals surface area contributed by atoms with Gasteiger partial charge in [0.25, 0.3) is 5.91 Å². The average molecular weight is 436 g/mol. The monoisotopic (exact) mass is 435 g/mol. The molecule has 0 saturated carbocycles. The minimum atomic E-state index is -0.620. The summed E-state index contributed by atoms with van der Waals surface area (Å²) in [5.74, 6) is -0.620. The van der Waals surface area contributed by atoms with Crippen LogP contribution < -0.4 is 10.8 Å². The van der Waals surface area contributed by atoms with Crippen molar-refractivity contribution >= 4 is 28.5 Å². The summed E-state index contributed by atoms with van der Waals surface area (Å²) < 4.78 is 5.33. The number of benzene rings is 3. The quantitative estimate of drug-likeness (QED) is 0.338. The molecule has 7 heteroatoms. The molecule has 0 spiro atoms. The second-order valence-electron chi connectivity index (χ2n) is 7.56. The fraction of sp³-hybridized carbons (Fsp3) is 0.280. The highest BCUT2D eigenvalue weighted by Crippen LogP contribution is 2.25. The Morgan fingerprint density at radius 3 is 2.28 bits per heavy atom. The topological polar surface area (TPSA) is 90.9 Å². The number of carbonyl (C=O) groups is 2. The molecule has 0 aliphatic rings. The SMILES string of the molecule is CCN(CC)C(C)c1ccc2cc(COC(=O)Nc3ccc(C(=O)NO)cc3)ccc2c1. The van der Waals surface area contributed by atoms with Crippen LogP contribution in [0.3, 0.4) is 0 Å². The molecule has 1 unspecified atom stereocenters. The lowest BCUT2D eigenvalue weighted by atomic mass is 10.0. The molecule has 1 atom stereocenters. The number of anilines is 1. The van der Waals surface area contributed by atoms with Crippen LogP contribution in [0.5, 0.6) is 0 Å². The molecule has 7 nitrogen and oxygen atoms in total. The zero-order valence-corrected chi connectivity index (χ0v) is 18.6. The fourth-order valence-electron chi connectivity index (χ4n) is 3.72. The van der Waals surface area contributed by atoms with E-state index in [0.29, 0.717) is 11.7 Å². The summed E-state index contributed by atoms with van der Waals surface area (Å²) in [4.78, 5) is 25.9. The number of nitrogens with one attached hydrogen (secondary N) is 2. The van der Waals surface area contributed by atoms with Gasteiger partial charge in [0.15, 0.2) is 0 Å². The Bertz CT molecular complexity index is 1080. The van der Waals surface area contributed by atoms with Gasteiger partial charge < -0.3 is 4.74 Å². The van der Waals surface area contributed by atoms with Crippen molar-refractivity contribution in [2.24, 2.45) is 0 Å². The summed E-state index contributed by atoms with van der Waals surface area (Å²) >= 11 is 0. The van der Waals surface area contributed by atoms with Crippen molar-refractivity contribution in [3.8, 4) is 0 Å². The molecule has 168 valence electrons. The molecule has 0 heterocycles. The van der Waals surface area contributed by atoms with Gasteiger partial charge in [0, 0.05) is 17.3 Å². The Morgan fingerprint density at radius 2 is 1.62 bits per heavy atom. The van der Waals surface area contributed by atoms with Gasteiger partial charge in [-0.1, -0.05) is 38.1 Å². The molecule has 0 bridgehead atoms. The highest BCUT2D eigenvalue weighted by atomic mass is 16.5. The lowest BCUT2D eigenvalue weighted by molar-refractivity contribution is 0.0706. The largest absolute Gasteiger partial charge is 0.444 e. The van der Waals surface area contributed by atoms with Gasteiger partial charge in [-0.15, -0.1) is 0 Å². The number of hydrogen-bond donors (Lipinski definition) is 3. The summed E-state index contributed by atoms with van der Waals surface area (Å²) in [6, 6.07) is 19.0. The molecule has 3 aromatic rings. The van der Waals surface area contributed by atoms with Crippen molar-refractivity contribution in [1.82, 2.24) is 10.4 Å². The van der Waals surface area contributed by atoms with E-state index >= 15 is 0 Å². The van der Waals surface area contributed by atoms with Crippen LogP contribution >= 0.6 is 0 Å². The highest BCUT2D eigenvalue weighted by molar-refractivity contribution is 5.94. The summed E-state index contributed by atoms with van der Waals surface area (Å²) in [7, 11) is 0. The van der Waals surface area contributed by atoms with Gasteiger partial charge in [-0.3, -0.25) is 20.2 Å². The van der Waals surface area contributed by atoms with Gasteiger partial charge in [-0.05, 0) is 78.3 Å². The minimum Gasteiger partial charge on any atom is -0.444 e. The van der Waals surface area contributed by atoms with Crippen LogP contribution in [-0.4, -0.2) is 35.2 Å². The normalized spacial score (nSPS) is 11.9. The van der Waals surface area contributed by atoms with Gasteiger partial charge in [0.05, 0.1) is 0 Å². The smallest absolute Gasteiger partial charge is 0.411 e. The lowest BCUT2D eigenvalue weighted by Crippen LogP contribution is -2.26. The first-order chi connectivity index (χ1) is 15.4. The predicted molar refractivity (Wildman–Crippen MR) is 125 cm³/mol. The van der Waals surface area contributed by atoms with Gasteiger partial charge in [0.1, 0.15) is 6.61 Å². The third-order valence-corrected chi connectivity index (χ3v) is 5.64. The Labute approximate surface area is 187 Å². The molecule has 32 heavy (non-hydrogen) atoms. The number of fused-ring (bicyclic) bond motifs is 1. The van der Waals surface area contributed by atoms with E-state index in [4.69, 9.17) is 9.94 Å². The molecule has 2 amide bonds. The van der Waals surface area contributed by atoms with Crippen LogP contribution in [0, 0.1) is 0 Å². The van der Waals surface area contributed by atoms with E-state index in [-0.39, 0.29) is 12.2 Å². The first-order valence-electron chi connectivity index (χ1n) is 10.7. The molecule has 0 fully saturated rings. The Hall–Kier alpha value is -3.42. The molecule has 3 N–H and O–H groups in total. The van der Waals surface area contributed by atoms with Crippen molar-refractivity contribution in [3.05, 3.63) is 77.4 Å². The summed E-state index contributed by atoms with van der Waals surface area (Å²) in [6.45, 7) is 8.74. The van der Waals surface area contributed by atoms with E-state index in [1.54, 1.807) is 17.6 Å². The molecule has 0 radical (unpaired) electrons. The zero-order valence-electron chi connectivity index (χ0n) is 18.6. The molecule has 0 aliphatic carbocycles. The second-order valence-corrected chi connectivity index (χ2v) is 7.56. The van der Waals surface area contributed by atoms with E-state index in [1.165, 1.54) is 17.7 Å². The van der Waals surface area contributed by atoms with Crippen LogP contribution in [0.4, 0.5) is 10.5 Å². The molecule has 0 aliphatic heterocycles. The third kappa shape index (κ3) is 5.63. The summed E-state index contributed by atoms with van der Waals surface area (Å²) in [5, 5.41) is 13.5. The number of rotatable bonds is 8. The van der Waals surface area contributed by atoms with Crippen molar-refractivity contribution < 1.29 is 19.5 Å². The zero-order chi connectivity index (χ0) is 23.1. The minimum absolute atomic E-state index is 0.143. The highest BCUT2D eigenvalue weighted by Gasteiger charge is 2.13. The molecule has 0 saturated heterocycles. The first-order valence-corrected chi connectivity index (χ1v) is 10.7. The third-order valence-electron chi connectivity index (χ3n) is 5.64. The Morgan fingerprint density at radius 1 is 0.969 bits per heavy atom. The molecular formula is C25H29N3O4. The number of ether oxygens (including phenoxy) is 1. The lowest BCUT2D eigenvalue weighted by Gasteiger charge is -2.27. The first kappa shape index (κ1) is 23.2. The standard InChI is InChI=1S/C25H29N3O4/c1-4-28(5-2)17(3)20-8-9-21-14-18(6-7-22(21)15-20)16-32-25(30)26-23-12-10-19(11-13-23)24(29)27-31/h6-15,17,31H,4-5,16H2,1-3H3,(H,26,30)(H,27,29). The Balaban J connectivity index is 1.60.